The van der Waals surface area contributed by atoms with E-state index in [9.17, 15) is 0 Å². The summed E-state index contributed by atoms with van der Waals surface area (Å²) in [7, 11) is 0. The second-order valence-corrected chi connectivity index (χ2v) is 5.41. The van der Waals surface area contributed by atoms with Gasteiger partial charge in [-0.05, 0) is 58.6 Å². The van der Waals surface area contributed by atoms with E-state index in [1.807, 2.05) is 36.4 Å². The number of benzene rings is 2. The molecule has 1 atom stereocenters. The summed E-state index contributed by atoms with van der Waals surface area (Å²) in [6, 6.07) is 16.1. The van der Waals surface area contributed by atoms with Crippen LogP contribution in [-0.2, 0) is 6.42 Å². The van der Waals surface area contributed by atoms with E-state index in [-0.39, 0.29) is 6.04 Å². The minimum absolute atomic E-state index is 0.207. The van der Waals surface area contributed by atoms with Gasteiger partial charge in [0, 0.05) is 6.04 Å². The third kappa shape index (κ3) is 4.08. The smallest absolute Gasteiger partial charge is 0.141 e. The van der Waals surface area contributed by atoms with E-state index in [1.54, 1.807) is 0 Å². The normalized spacial score (nSPS) is 12.2. The Labute approximate surface area is 122 Å². The second kappa shape index (κ2) is 6.73. The Morgan fingerprint density at radius 1 is 1.16 bits per heavy atom. The SMILES string of the molecule is CCC(N)Cc1cccc(Oc2ccccc2Br)c1. The van der Waals surface area contributed by atoms with Crippen LogP contribution in [0.15, 0.2) is 53.0 Å². The monoisotopic (exact) mass is 319 g/mol. The van der Waals surface area contributed by atoms with Crippen molar-refractivity contribution in [1.29, 1.82) is 0 Å². The maximum Gasteiger partial charge on any atom is 0.141 e. The van der Waals surface area contributed by atoms with Crippen molar-refractivity contribution in [1.82, 2.24) is 0 Å². The van der Waals surface area contributed by atoms with Gasteiger partial charge in [0.25, 0.3) is 0 Å². The lowest BCUT2D eigenvalue weighted by Crippen LogP contribution is -2.21. The van der Waals surface area contributed by atoms with E-state index in [0.717, 1.165) is 28.8 Å². The van der Waals surface area contributed by atoms with Crippen molar-refractivity contribution in [3.05, 3.63) is 58.6 Å². The summed E-state index contributed by atoms with van der Waals surface area (Å²) in [6.45, 7) is 2.10. The van der Waals surface area contributed by atoms with Crippen LogP contribution in [-0.4, -0.2) is 6.04 Å². The van der Waals surface area contributed by atoms with Crippen molar-refractivity contribution in [2.24, 2.45) is 5.73 Å². The molecule has 0 aliphatic heterocycles. The Kier molecular flexibility index (Phi) is 5.00. The predicted octanol–water partition coefficient (Wildman–Crippen LogP) is 4.52. The average molecular weight is 320 g/mol. The molecular formula is C16H18BrNO. The van der Waals surface area contributed by atoms with Crippen molar-refractivity contribution in [2.45, 2.75) is 25.8 Å². The zero-order chi connectivity index (χ0) is 13.7. The molecule has 19 heavy (non-hydrogen) atoms. The van der Waals surface area contributed by atoms with Crippen molar-refractivity contribution in [3.8, 4) is 11.5 Å². The van der Waals surface area contributed by atoms with Crippen LogP contribution in [0.25, 0.3) is 0 Å². The molecule has 0 fully saturated rings. The number of nitrogens with two attached hydrogens (primary N) is 1. The van der Waals surface area contributed by atoms with Gasteiger partial charge in [-0.2, -0.15) is 0 Å². The third-order valence-corrected chi connectivity index (χ3v) is 3.64. The van der Waals surface area contributed by atoms with Gasteiger partial charge in [0.2, 0.25) is 0 Å². The highest BCUT2D eigenvalue weighted by Crippen LogP contribution is 2.29. The first-order chi connectivity index (χ1) is 9.19. The van der Waals surface area contributed by atoms with Crippen LogP contribution in [0.2, 0.25) is 0 Å². The van der Waals surface area contributed by atoms with Gasteiger partial charge in [-0.15, -0.1) is 0 Å². The highest BCUT2D eigenvalue weighted by atomic mass is 79.9. The fourth-order valence-corrected chi connectivity index (χ4v) is 2.20. The van der Waals surface area contributed by atoms with Crippen LogP contribution >= 0.6 is 15.9 Å². The first-order valence-corrected chi connectivity index (χ1v) is 7.25. The Hall–Kier alpha value is -1.32. The Morgan fingerprint density at radius 2 is 1.95 bits per heavy atom. The third-order valence-electron chi connectivity index (χ3n) is 2.99. The molecule has 0 amide bonds. The molecule has 3 heteroatoms. The van der Waals surface area contributed by atoms with E-state index in [1.165, 1.54) is 5.56 Å². The molecular weight excluding hydrogens is 302 g/mol. The van der Waals surface area contributed by atoms with Crippen LogP contribution in [0, 0.1) is 0 Å². The van der Waals surface area contributed by atoms with Gasteiger partial charge in [-0.1, -0.05) is 31.2 Å². The second-order valence-electron chi connectivity index (χ2n) is 4.55. The van der Waals surface area contributed by atoms with E-state index >= 15 is 0 Å². The molecule has 2 nitrogen and oxygen atoms in total. The summed E-state index contributed by atoms with van der Waals surface area (Å²) < 4.78 is 6.83. The van der Waals surface area contributed by atoms with Gasteiger partial charge < -0.3 is 10.5 Å². The lowest BCUT2D eigenvalue weighted by molar-refractivity contribution is 0.478. The average Bonchev–Trinajstić information content (AvgIpc) is 2.42. The van der Waals surface area contributed by atoms with E-state index in [4.69, 9.17) is 10.5 Å². The first kappa shape index (κ1) is 14.1. The molecule has 0 aliphatic rings. The molecule has 0 aliphatic carbocycles. The Bertz CT molecular complexity index is 542. The summed E-state index contributed by atoms with van der Waals surface area (Å²) in [5.74, 6) is 1.66. The van der Waals surface area contributed by atoms with Crippen LogP contribution in [0.5, 0.6) is 11.5 Å². The molecule has 0 heterocycles. The van der Waals surface area contributed by atoms with Crippen LogP contribution in [0.3, 0.4) is 0 Å². The summed E-state index contributed by atoms with van der Waals surface area (Å²) in [5.41, 5.74) is 7.19. The summed E-state index contributed by atoms with van der Waals surface area (Å²) in [5, 5.41) is 0. The fraction of sp³-hybridized carbons (Fsp3) is 0.250. The van der Waals surface area contributed by atoms with E-state index in [0.29, 0.717) is 0 Å². The zero-order valence-electron chi connectivity index (χ0n) is 11.0. The summed E-state index contributed by atoms with van der Waals surface area (Å²) >= 11 is 3.48. The molecule has 0 saturated heterocycles. The van der Waals surface area contributed by atoms with Gasteiger partial charge in [0.15, 0.2) is 0 Å². The van der Waals surface area contributed by atoms with Crippen LogP contribution in [0.4, 0.5) is 0 Å². The van der Waals surface area contributed by atoms with Crippen molar-refractivity contribution in [3.63, 3.8) is 0 Å². The van der Waals surface area contributed by atoms with E-state index < -0.39 is 0 Å². The number of rotatable bonds is 5. The molecule has 2 rings (SSSR count). The predicted molar refractivity (Wildman–Crippen MR) is 82.6 cm³/mol. The highest BCUT2D eigenvalue weighted by Gasteiger charge is 2.05. The molecule has 2 aromatic rings. The number of hydrogen-bond acceptors (Lipinski definition) is 2. The molecule has 0 aromatic heterocycles. The first-order valence-electron chi connectivity index (χ1n) is 6.46. The number of halogens is 1. The lowest BCUT2D eigenvalue weighted by atomic mass is 10.0. The highest BCUT2D eigenvalue weighted by molar-refractivity contribution is 9.10. The lowest BCUT2D eigenvalue weighted by Gasteiger charge is -2.11. The van der Waals surface area contributed by atoms with Gasteiger partial charge in [0.05, 0.1) is 4.47 Å². The standard InChI is InChI=1S/C16H18BrNO/c1-2-13(18)10-12-6-5-7-14(11-12)19-16-9-4-3-8-15(16)17/h3-9,11,13H,2,10,18H2,1H3. The van der Waals surface area contributed by atoms with Crippen molar-refractivity contribution >= 4 is 15.9 Å². The largest absolute Gasteiger partial charge is 0.456 e. The summed E-state index contributed by atoms with van der Waals surface area (Å²) in [6.07, 6.45) is 1.86. The molecule has 2 N–H and O–H groups in total. The minimum atomic E-state index is 0.207. The zero-order valence-corrected chi connectivity index (χ0v) is 12.6. The Balaban J connectivity index is 2.13. The van der Waals surface area contributed by atoms with Crippen molar-refractivity contribution < 1.29 is 4.74 Å². The number of hydrogen-bond donors (Lipinski definition) is 1. The molecule has 0 radical (unpaired) electrons. The maximum absolute atomic E-state index is 5.98. The van der Waals surface area contributed by atoms with Gasteiger partial charge >= 0.3 is 0 Å². The summed E-state index contributed by atoms with van der Waals surface area (Å²) in [4.78, 5) is 0. The molecule has 0 saturated carbocycles. The molecule has 0 bridgehead atoms. The molecule has 1 unspecified atom stereocenters. The number of ether oxygens (including phenoxy) is 1. The van der Waals surface area contributed by atoms with Crippen LogP contribution in [0.1, 0.15) is 18.9 Å². The quantitative estimate of drug-likeness (QED) is 0.879. The van der Waals surface area contributed by atoms with Gasteiger partial charge in [-0.3, -0.25) is 0 Å². The van der Waals surface area contributed by atoms with E-state index in [2.05, 4.69) is 35.0 Å². The van der Waals surface area contributed by atoms with Crippen molar-refractivity contribution in [2.75, 3.05) is 0 Å². The minimum Gasteiger partial charge on any atom is -0.456 e. The molecule has 2 aromatic carbocycles. The molecule has 100 valence electrons. The topological polar surface area (TPSA) is 35.2 Å². The number of para-hydroxylation sites is 1. The molecule has 0 spiro atoms. The van der Waals surface area contributed by atoms with Gasteiger partial charge in [-0.25, -0.2) is 0 Å². The van der Waals surface area contributed by atoms with Crippen LogP contribution < -0.4 is 10.5 Å². The maximum atomic E-state index is 5.98. The Morgan fingerprint density at radius 3 is 2.68 bits per heavy atom. The fourth-order valence-electron chi connectivity index (χ4n) is 1.84. The van der Waals surface area contributed by atoms with Gasteiger partial charge in [0.1, 0.15) is 11.5 Å².